The first-order valence-corrected chi connectivity index (χ1v) is 13.8. The lowest BCUT2D eigenvalue weighted by Crippen LogP contribution is -3.10. The van der Waals surface area contributed by atoms with Crippen molar-refractivity contribution in [1.82, 2.24) is 9.88 Å². The second kappa shape index (κ2) is 18.0. The molecule has 1 aliphatic heterocycles. The van der Waals surface area contributed by atoms with Crippen LogP contribution in [-0.4, -0.2) is 66.8 Å². The van der Waals surface area contributed by atoms with E-state index in [0.717, 1.165) is 83.5 Å². The number of amides is 1. The largest absolute Gasteiger partial charge is 0.626 e. The number of hydrogen-bond acceptors (Lipinski definition) is 8. The first-order valence-electron chi connectivity index (χ1n) is 13.8. The zero-order valence-corrected chi connectivity index (χ0v) is 22.0. The number of carbonyl (C=O) groups excluding carboxylic acids is 1. The summed E-state index contributed by atoms with van der Waals surface area (Å²) >= 11 is 0. The highest BCUT2D eigenvalue weighted by Gasteiger charge is 2.19. The van der Waals surface area contributed by atoms with Gasteiger partial charge in [-0.05, 0) is 37.9 Å². The lowest BCUT2D eigenvalue weighted by atomic mass is 10.1. The van der Waals surface area contributed by atoms with Crippen molar-refractivity contribution in [2.75, 3.05) is 50.8 Å². The molecule has 1 saturated heterocycles. The van der Waals surface area contributed by atoms with E-state index in [1.807, 2.05) is 6.07 Å². The predicted octanol–water partition coefficient (Wildman–Crippen LogP) is 3.64. The SMILES string of the molecule is CCN1CCN(c2ccc(C(=O)[NH+]([O-])CCCCCCCCCCCCCCO[N+](=O)[O-])cn2)CC1. The molecule has 1 amide bonds. The van der Waals surface area contributed by atoms with Crippen LogP contribution in [0.3, 0.4) is 0 Å². The molecule has 1 aliphatic rings. The number of quaternary nitrogens is 1. The van der Waals surface area contributed by atoms with E-state index >= 15 is 0 Å². The van der Waals surface area contributed by atoms with Crippen LogP contribution in [-0.2, 0) is 4.84 Å². The van der Waals surface area contributed by atoms with Gasteiger partial charge in [-0.1, -0.05) is 64.7 Å². The van der Waals surface area contributed by atoms with Gasteiger partial charge in [-0.3, -0.25) is 0 Å². The summed E-state index contributed by atoms with van der Waals surface area (Å²) in [5, 5.41) is 21.3. The summed E-state index contributed by atoms with van der Waals surface area (Å²) < 4.78 is 0. The first kappa shape index (κ1) is 29.9. The Kier molecular flexibility index (Phi) is 15.0. The van der Waals surface area contributed by atoms with Crippen LogP contribution in [0.4, 0.5) is 5.82 Å². The molecular weight excluding hydrogens is 462 g/mol. The average Bonchev–Trinajstić information content (AvgIpc) is 2.90. The predicted molar refractivity (Wildman–Crippen MR) is 140 cm³/mol. The minimum Gasteiger partial charge on any atom is -0.626 e. The van der Waals surface area contributed by atoms with E-state index in [9.17, 15) is 20.1 Å². The van der Waals surface area contributed by atoms with Crippen LogP contribution in [0.2, 0.25) is 0 Å². The summed E-state index contributed by atoms with van der Waals surface area (Å²) in [7, 11) is 0. The van der Waals surface area contributed by atoms with E-state index in [1.54, 1.807) is 12.3 Å². The molecule has 1 atom stereocenters. The van der Waals surface area contributed by atoms with Crippen molar-refractivity contribution >= 4 is 11.7 Å². The van der Waals surface area contributed by atoms with Gasteiger partial charge in [0.05, 0.1) is 18.7 Å². The Morgan fingerprint density at radius 2 is 1.50 bits per heavy atom. The van der Waals surface area contributed by atoms with E-state index in [2.05, 4.69) is 26.5 Å². The van der Waals surface area contributed by atoms with Crippen molar-refractivity contribution in [2.24, 2.45) is 0 Å². The smallest absolute Gasteiger partial charge is 0.345 e. The standard InChI is InChI=1S/C26H45N5O5/c1-2-28-18-20-29(21-19-28)25-16-15-24(23-27-25)26(32)30(33)17-13-11-9-7-5-3-4-6-8-10-12-14-22-36-31(34)35/h15-16,23,30H,2-14,17-22H2,1H3. The van der Waals surface area contributed by atoms with Crippen molar-refractivity contribution in [3.63, 3.8) is 0 Å². The maximum absolute atomic E-state index is 12.5. The Bertz CT molecular complexity index is 741. The molecule has 10 nitrogen and oxygen atoms in total. The molecule has 204 valence electrons. The van der Waals surface area contributed by atoms with Crippen LogP contribution >= 0.6 is 0 Å². The Labute approximate surface area is 215 Å². The van der Waals surface area contributed by atoms with Gasteiger partial charge in [0.15, 0.2) is 0 Å². The Hall–Kier alpha value is -2.30. The van der Waals surface area contributed by atoms with Gasteiger partial charge in [0, 0.05) is 32.4 Å². The molecule has 0 spiro atoms. The highest BCUT2D eigenvalue weighted by Crippen LogP contribution is 2.14. The van der Waals surface area contributed by atoms with Gasteiger partial charge < -0.3 is 24.9 Å². The van der Waals surface area contributed by atoms with Crippen LogP contribution in [0.1, 0.15) is 94.3 Å². The van der Waals surface area contributed by atoms with Crippen LogP contribution in [0.15, 0.2) is 18.3 Å². The van der Waals surface area contributed by atoms with E-state index in [1.165, 1.54) is 32.1 Å². The number of nitrogens with zero attached hydrogens (tertiary/aromatic N) is 4. The summed E-state index contributed by atoms with van der Waals surface area (Å²) in [6.45, 7) is 7.64. The number of aromatic nitrogens is 1. The number of nitrogens with one attached hydrogen (secondary N) is 1. The molecule has 0 bridgehead atoms. The molecule has 1 aromatic heterocycles. The maximum atomic E-state index is 12.5. The zero-order valence-electron chi connectivity index (χ0n) is 22.0. The summed E-state index contributed by atoms with van der Waals surface area (Å²) in [5.41, 5.74) is 0.390. The minimum atomic E-state index is -0.732. The van der Waals surface area contributed by atoms with Crippen molar-refractivity contribution in [3.8, 4) is 0 Å². The van der Waals surface area contributed by atoms with Crippen LogP contribution < -0.4 is 9.96 Å². The second-order valence-electron chi connectivity index (χ2n) is 9.63. The fourth-order valence-electron chi connectivity index (χ4n) is 4.57. The van der Waals surface area contributed by atoms with Gasteiger partial charge in [0.1, 0.15) is 5.82 Å². The lowest BCUT2D eigenvalue weighted by molar-refractivity contribution is -0.757. The molecule has 0 aromatic carbocycles. The van der Waals surface area contributed by atoms with Gasteiger partial charge in [-0.15, -0.1) is 10.1 Å². The molecule has 0 radical (unpaired) electrons. The third-order valence-electron chi connectivity index (χ3n) is 6.90. The maximum Gasteiger partial charge on any atom is 0.345 e. The van der Waals surface area contributed by atoms with Crippen LogP contribution in [0.5, 0.6) is 0 Å². The number of rotatable bonds is 19. The number of pyridine rings is 1. The highest BCUT2D eigenvalue weighted by molar-refractivity contribution is 5.87. The molecule has 0 saturated carbocycles. The fourth-order valence-corrected chi connectivity index (χ4v) is 4.57. The lowest BCUT2D eigenvalue weighted by Gasteiger charge is -2.34. The van der Waals surface area contributed by atoms with E-state index < -0.39 is 11.0 Å². The number of hydrogen-bond donors (Lipinski definition) is 1. The molecule has 0 aliphatic carbocycles. The topological polar surface area (TPSA) is 116 Å². The van der Waals surface area contributed by atoms with Crippen molar-refractivity contribution in [1.29, 1.82) is 0 Å². The number of hydroxylamine groups is 2. The molecule has 2 rings (SSSR count). The summed E-state index contributed by atoms with van der Waals surface area (Å²) in [5.74, 6) is 0.449. The third kappa shape index (κ3) is 12.1. The van der Waals surface area contributed by atoms with Gasteiger partial charge in [0.2, 0.25) is 0 Å². The van der Waals surface area contributed by atoms with Gasteiger partial charge >= 0.3 is 5.91 Å². The summed E-state index contributed by atoms with van der Waals surface area (Å²) in [6, 6.07) is 3.59. The monoisotopic (exact) mass is 507 g/mol. The number of piperazine rings is 1. The first-order chi connectivity index (χ1) is 17.5. The Morgan fingerprint density at radius 3 is 2.00 bits per heavy atom. The average molecular weight is 508 g/mol. The molecule has 10 heteroatoms. The zero-order chi connectivity index (χ0) is 26.0. The molecule has 1 aromatic rings. The van der Waals surface area contributed by atoms with Crippen molar-refractivity contribution in [2.45, 2.75) is 84.0 Å². The molecule has 36 heavy (non-hydrogen) atoms. The van der Waals surface area contributed by atoms with E-state index in [-0.39, 0.29) is 11.7 Å². The van der Waals surface area contributed by atoms with Gasteiger partial charge in [0.25, 0.3) is 5.09 Å². The molecule has 2 heterocycles. The molecular formula is C26H45N5O5. The second-order valence-corrected chi connectivity index (χ2v) is 9.63. The Balaban J connectivity index is 1.45. The number of carbonyl (C=O) groups is 1. The van der Waals surface area contributed by atoms with Crippen LogP contribution in [0, 0.1) is 15.3 Å². The molecule has 1 N–H and O–H groups in total. The quantitative estimate of drug-likeness (QED) is 0.171. The number of anilines is 1. The van der Waals surface area contributed by atoms with E-state index in [4.69, 9.17) is 0 Å². The molecule has 1 unspecified atom stereocenters. The summed E-state index contributed by atoms with van der Waals surface area (Å²) in [6.07, 6.45) is 14.4. The number of unbranched alkanes of at least 4 members (excludes halogenated alkanes) is 11. The number of likely N-dealkylation sites (N-methyl/N-ethyl adjacent to an activating group) is 1. The van der Waals surface area contributed by atoms with Gasteiger partial charge in [-0.25, -0.2) is 9.78 Å². The van der Waals surface area contributed by atoms with E-state index in [0.29, 0.717) is 12.1 Å². The Morgan fingerprint density at radius 1 is 0.944 bits per heavy atom. The normalized spacial score (nSPS) is 15.1. The van der Waals surface area contributed by atoms with Gasteiger partial charge in [-0.2, -0.15) is 0 Å². The minimum absolute atomic E-state index is 0.203. The van der Waals surface area contributed by atoms with Crippen LogP contribution in [0.25, 0.3) is 0 Å². The highest BCUT2D eigenvalue weighted by atomic mass is 16.9. The fraction of sp³-hybridized carbons (Fsp3) is 0.769. The summed E-state index contributed by atoms with van der Waals surface area (Å²) in [4.78, 5) is 35.9. The third-order valence-corrected chi connectivity index (χ3v) is 6.90. The molecule has 1 fully saturated rings. The van der Waals surface area contributed by atoms with Crippen molar-refractivity contribution < 1.29 is 19.8 Å². The van der Waals surface area contributed by atoms with Crippen molar-refractivity contribution in [3.05, 3.63) is 39.2 Å².